The van der Waals surface area contributed by atoms with Crippen LogP contribution in [-0.4, -0.2) is 0 Å². The minimum atomic E-state index is 1.37. The van der Waals surface area contributed by atoms with E-state index in [4.69, 9.17) is 0 Å². The summed E-state index contributed by atoms with van der Waals surface area (Å²) in [6.07, 6.45) is 1.75. The summed E-state index contributed by atoms with van der Waals surface area (Å²) in [6.45, 7) is 15.5. The first kappa shape index (κ1) is 14.2. The van der Waals surface area contributed by atoms with Crippen LogP contribution in [0.25, 0.3) is 0 Å². The summed E-state index contributed by atoms with van der Waals surface area (Å²) in [5.41, 5.74) is 2.74. The second kappa shape index (κ2) is 10.7. The fraction of sp³-hybridized carbons (Fsp3) is 0.231. The van der Waals surface area contributed by atoms with Gasteiger partial charge in [-0.3, -0.25) is 0 Å². The zero-order valence-corrected chi connectivity index (χ0v) is 9.01. The van der Waals surface area contributed by atoms with Crippen LogP contribution < -0.4 is 0 Å². The Balaban J connectivity index is 0. The lowest BCUT2D eigenvalue weighted by molar-refractivity contribution is 1.34. The van der Waals surface area contributed by atoms with Gasteiger partial charge in [-0.05, 0) is 31.9 Å². The van der Waals surface area contributed by atoms with E-state index in [1.165, 1.54) is 11.1 Å². The molecule has 0 radical (unpaired) electrons. The van der Waals surface area contributed by atoms with Crippen LogP contribution >= 0.6 is 0 Å². The molecule has 0 atom stereocenters. The van der Waals surface area contributed by atoms with Crippen LogP contribution in [0.2, 0.25) is 0 Å². The van der Waals surface area contributed by atoms with Crippen LogP contribution in [0.15, 0.2) is 50.1 Å². The summed E-state index contributed by atoms with van der Waals surface area (Å²) in [6, 6.07) is 8.36. The summed E-state index contributed by atoms with van der Waals surface area (Å²) in [7, 11) is 0. The van der Waals surface area contributed by atoms with E-state index >= 15 is 0 Å². The van der Waals surface area contributed by atoms with E-state index in [1.807, 2.05) is 6.92 Å². The SMILES string of the molecule is C=C.C=CC.Cc1ccccc1C. The van der Waals surface area contributed by atoms with Crippen molar-refractivity contribution in [1.82, 2.24) is 0 Å². The number of allylic oxidation sites excluding steroid dienone is 1. The van der Waals surface area contributed by atoms with E-state index in [0.717, 1.165) is 0 Å². The molecule has 0 aliphatic carbocycles. The minimum absolute atomic E-state index is 1.37. The molecule has 0 saturated heterocycles. The molecule has 0 saturated carbocycles. The molecule has 13 heavy (non-hydrogen) atoms. The zero-order chi connectivity index (χ0) is 10.7. The molecule has 72 valence electrons. The Labute approximate surface area is 82.6 Å². The smallest absolute Gasteiger partial charge is 0.0395 e. The lowest BCUT2D eigenvalue weighted by Crippen LogP contribution is -1.74. The van der Waals surface area contributed by atoms with E-state index in [2.05, 4.69) is 57.8 Å². The largest absolute Gasteiger partial charge is 0.106 e. The van der Waals surface area contributed by atoms with Crippen molar-refractivity contribution in [2.24, 2.45) is 0 Å². The molecule has 0 unspecified atom stereocenters. The summed E-state index contributed by atoms with van der Waals surface area (Å²) in [5, 5.41) is 0. The maximum absolute atomic E-state index is 3.36. The van der Waals surface area contributed by atoms with Crippen LogP contribution in [-0.2, 0) is 0 Å². The zero-order valence-electron chi connectivity index (χ0n) is 9.01. The monoisotopic (exact) mass is 176 g/mol. The second-order valence-corrected chi connectivity index (χ2v) is 2.49. The molecule has 0 amide bonds. The van der Waals surface area contributed by atoms with Gasteiger partial charge in [-0.25, -0.2) is 0 Å². The lowest BCUT2D eigenvalue weighted by atomic mass is 10.1. The number of benzene rings is 1. The van der Waals surface area contributed by atoms with Crippen molar-refractivity contribution in [3.05, 3.63) is 61.2 Å². The highest BCUT2D eigenvalue weighted by Gasteiger charge is 1.83. The molecule has 0 aromatic heterocycles. The summed E-state index contributed by atoms with van der Waals surface area (Å²) in [4.78, 5) is 0. The molecule has 1 aromatic carbocycles. The van der Waals surface area contributed by atoms with Crippen molar-refractivity contribution in [2.75, 3.05) is 0 Å². The van der Waals surface area contributed by atoms with Crippen molar-refractivity contribution in [3.8, 4) is 0 Å². The van der Waals surface area contributed by atoms with Crippen LogP contribution in [0, 0.1) is 13.8 Å². The van der Waals surface area contributed by atoms with Crippen molar-refractivity contribution >= 4 is 0 Å². The van der Waals surface area contributed by atoms with Gasteiger partial charge >= 0.3 is 0 Å². The fourth-order valence-corrected chi connectivity index (χ4v) is 0.663. The van der Waals surface area contributed by atoms with Gasteiger partial charge in [0.2, 0.25) is 0 Å². The van der Waals surface area contributed by atoms with Crippen LogP contribution in [0.4, 0.5) is 0 Å². The highest BCUT2D eigenvalue weighted by molar-refractivity contribution is 5.23. The Morgan fingerprint density at radius 2 is 1.23 bits per heavy atom. The van der Waals surface area contributed by atoms with Gasteiger partial charge in [0.05, 0.1) is 0 Å². The van der Waals surface area contributed by atoms with Gasteiger partial charge in [-0.2, -0.15) is 0 Å². The predicted molar refractivity (Wildman–Crippen MR) is 63.0 cm³/mol. The molecule has 0 heteroatoms. The molecule has 0 bridgehead atoms. The standard InChI is InChI=1S/C8H10.C3H6.C2H4/c1-7-5-3-4-6-8(7)2;1-3-2;1-2/h3-6H,1-2H3;3H,1H2,2H3;1-2H2. The van der Waals surface area contributed by atoms with Gasteiger partial charge in [-0.15, -0.1) is 19.7 Å². The highest BCUT2D eigenvalue weighted by atomic mass is 13.9. The first-order valence-corrected chi connectivity index (χ1v) is 4.31. The normalized spacial score (nSPS) is 7.00. The molecular weight excluding hydrogens is 156 g/mol. The number of aryl methyl sites for hydroxylation is 2. The third kappa shape index (κ3) is 8.61. The van der Waals surface area contributed by atoms with Crippen molar-refractivity contribution in [2.45, 2.75) is 20.8 Å². The Kier molecular flexibility index (Phi) is 11.7. The van der Waals surface area contributed by atoms with Gasteiger partial charge in [0.1, 0.15) is 0 Å². The van der Waals surface area contributed by atoms with Crippen molar-refractivity contribution in [3.63, 3.8) is 0 Å². The average Bonchev–Trinajstić information content (AvgIpc) is 2.15. The predicted octanol–water partition coefficient (Wildman–Crippen LogP) is 4.30. The average molecular weight is 176 g/mol. The molecular formula is C13H20. The van der Waals surface area contributed by atoms with Crippen molar-refractivity contribution < 1.29 is 0 Å². The molecule has 0 aliphatic heterocycles. The Hall–Kier alpha value is -1.30. The highest BCUT2D eigenvalue weighted by Crippen LogP contribution is 2.02. The third-order valence-electron chi connectivity index (χ3n) is 1.43. The summed E-state index contributed by atoms with van der Waals surface area (Å²) >= 11 is 0. The number of rotatable bonds is 0. The second-order valence-electron chi connectivity index (χ2n) is 2.49. The van der Waals surface area contributed by atoms with E-state index < -0.39 is 0 Å². The summed E-state index contributed by atoms with van der Waals surface area (Å²) in [5.74, 6) is 0. The molecule has 0 aliphatic rings. The molecule has 1 aromatic rings. The molecule has 0 N–H and O–H groups in total. The molecule has 1 rings (SSSR count). The Morgan fingerprint density at radius 1 is 1.00 bits per heavy atom. The quantitative estimate of drug-likeness (QED) is 0.517. The minimum Gasteiger partial charge on any atom is -0.106 e. The van der Waals surface area contributed by atoms with Gasteiger partial charge in [0.25, 0.3) is 0 Å². The van der Waals surface area contributed by atoms with E-state index in [1.54, 1.807) is 6.08 Å². The first-order valence-electron chi connectivity index (χ1n) is 4.31. The third-order valence-corrected chi connectivity index (χ3v) is 1.43. The van der Waals surface area contributed by atoms with Crippen molar-refractivity contribution in [1.29, 1.82) is 0 Å². The maximum Gasteiger partial charge on any atom is -0.0395 e. The first-order chi connectivity index (χ1) is 6.22. The van der Waals surface area contributed by atoms with Crippen LogP contribution in [0.5, 0.6) is 0 Å². The molecule has 0 heterocycles. The molecule has 0 spiro atoms. The van der Waals surface area contributed by atoms with E-state index in [9.17, 15) is 0 Å². The van der Waals surface area contributed by atoms with Gasteiger partial charge in [0, 0.05) is 0 Å². The Bertz CT molecular complexity index is 202. The topological polar surface area (TPSA) is 0 Å². The van der Waals surface area contributed by atoms with Gasteiger partial charge < -0.3 is 0 Å². The Morgan fingerprint density at radius 3 is 1.38 bits per heavy atom. The number of hydrogen-bond donors (Lipinski definition) is 0. The maximum atomic E-state index is 3.36. The van der Waals surface area contributed by atoms with E-state index in [-0.39, 0.29) is 0 Å². The van der Waals surface area contributed by atoms with Gasteiger partial charge in [0.15, 0.2) is 0 Å². The van der Waals surface area contributed by atoms with Crippen LogP contribution in [0.1, 0.15) is 18.1 Å². The fourth-order valence-electron chi connectivity index (χ4n) is 0.663. The number of hydrogen-bond acceptors (Lipinski definition) is 0. The summed E-state index contributed by atoms with van der Waals surface area (Å²) < 4.78 is 0. The van der Waals surface area contributed by atoms with Gasteiger partial charge in [-0.1, -0.05) is 30.3 Å². The van der Waals surface area contributed by atoms with Crippen LogP contribution in [0.3, 0.4) is 0 Å². The van der Waals surface area contributed by atoms with E-state index in [0.29, 0.717) is 0 Å². The molecule has 0 fully saturated rings. The molecule has 0 nitrogen and oxygen atoms in total. The lowest BCUT2D eigenvalue weighted by Gasteiger charge is -1.93.